The molecule has 0 unspecified atom stereocenters. The number of amides is 2. The highest BCUT2D eigenvalue weighted by atomic mass is 16.4. The van der Waals surface area contributed by atoms with E-state index in [1.807, 2.05) is 0 Å². The van der Waals surface area contributed by atoms with Crippen molar-refractivity contribution in [3.05, 3.63) is 0 Å². The van der Waals surface area contributed by atoms with Crippen LogP contribution in [-0.2, 0) is 4.79 Å². The number of aliphatic hydroxyl groups is 1. The van der Waals surface area contributed by atoms with Crippen LogP contribution in [0.15, 0.2) is 0 Å². The Balaban J connectivity index is 1.87. The fraction of sp³-hybridized carbons (Fsp3) is 0.857. The first kappa shape index (κ1) is 15.1. The molecule has 2 fully saturated rings. The van der Waals surface area contributed by atoms with Gasteiger partial charge in [0.05, 0.1) is 6.10 Å². The second-order valence-corrected chi connectivity index (χ2v) is 6.05. The molecule has 0 saturated heterocycles. The molecule has 6 heteroatoms. The maximum Gasteiger partial charge on any atom is 0.329 e. The number of carboxylic acid groups (broad SMARTS) is 1. The van der Waals surface area contributed by atoms with Gasteiger partial charge in [0.1, 0.15) is 5.54 Å². The normalized spacial score (nSPS) is 29.4. The van der Waals surface area contributed by atoms with Gasteiger partial charge in [0.25, 0.3) is 0 Å². The zero-order valence-electron chi connectivity index (χ0n) is 11.7. The fourth-order valence-electron chi connectivity index (χ4n) is 3.21. The number of nitrogens with one attached hydrogen (secondary N) is 2. The standard InChI is InChI=1S/C14H24N2O4/c17-11-6-4-10(5-7-11)15-13(20)16-14(12(18)19)8-2-1-3-9-14/h10-11,17H,1-9H2,(H,18,19)(H2,15,16,20). The largest absolute Gasteiger partial charge is 0.480 e. The molecule has 0 aromatic carbocycles. The molecule has 0 aromatic rings. The summed E-state index contributed by atoms with van der Waals surface area (Å²) in [6.45, 7) is 0. The second-order valence-electron chi connectivity index (χ2n) is 6.05. The van der Waals surface area contributed by atoms with Crippen molar-refractivity contribution >= 4 is 12.0 Å². The molecule has 2 aliphatic rings. The summed E-state index contributed by atoms with van der Waals surface area (Å²) in [5.74, 6) is -0.939. The van der Waals surface area contributed by atoms with E-state index in [0.717, 1.165) is 32.1 Å². The number of urea groups is 1. The second kappa shape index (κ2) is 6.43. The first-order valence-corrected chi connectivity index (χ1v) is 7.52. The molecule has 20 heavy (non-hydrogen) atoms. The highest BCUT2D eigenvalue weighted by Crippen LogP contribution is 2.28. The minimum atomic E-state index is -1.10. The van der Waals surface area contributed by atoms with Crippen molar-refractivity contribution in [1.29, 1.82) is 0 Å². The maximum atomic E-state index is 12.0. The minimum Gasteiger partial charge on any atom is -0.480 e. The van der Waals surface area contributed by atoms with E-state index in [2.05, 4.69) is 10.6 Å². The predicted molar refractivity (Wildman–Crippen MR) is 73.4 cm³/mol. The molecule has 2 saturated carbocycles. The smallest absolute Gasteiger partial charge is 0.329 e. The van der Waals surface area contributed by atoms with E-state index in [9.17, 15) is 19.8 Å². The Morgan fingerprint density at radius 3 is 2.15 bits per heavy atom. The van der Waals surface area contributed by atoms with Gasteiger partial charge in [-0.1, -0.05) is 19.3 Å². The van der Waals surface area contributed by atoms with Gasteiger partial charge in [-0.25, -0.2) is 9.59 Å². The van der Waals surface area contributed by atoms with Gasteiger partial charge in [-0.05, 0) is 38.5 Å². The number of hydrogen-bond acceptors (Lipinski definition) is 3. The van der Waals surface area contributed by atoms with Crippen LogP contribution >= 0.6 is 0 Å². The van der Waals surface area contributed by atoms with E-state index in [1.165, 1.54) is 0 Å². The zero-order chi connectivity index (χ0) is 14.6. The monoisotopic (exact) mass is 284 g/mol. The highest BCUT2D eigenvalue weighted by Gasteiger charge is 2.41. The Bertz CT molecular complexity index is 358. The van der Waals surface area contributed by atoms with Crippen LogP contribution in [0.2, 0.25) is 0 Å². The summed E-state index contributed by atoms with van der Waals surface area (Å²) in [5, 5.41) is 24.4. The van der Waals surface area contributed by atoms with Gasteiger partial charge >= 0.3 is 12.0 Å². The summed E-state index contributed by atoms with van der Waals surface area (Å²) in [7, 11) is 0. The lowest BCUT2D eigenvalue weighted by Crippen LogP contribution is -2.59. The quantitative estimate of drug-likeness (QED) is 0.629. The van der Waals surface area contributed by atoms with Crippen molar-refractivity contribution in [2.75, 3.05) is 0 Å². The topological polar surface area (TPSA) is 98.7 Å². The maximum absolute atomic E-state index is 12.0. The summed E-state index contributed by atoms with van der Waals surface area (Å²) in [6.07, 6.45) is 6.30. The molecule has 0 heterocycles. The molecule has 0 radical (unpaired) electrons. The summed E-state index contributed by atoms with van der Waals surface area (Å²) < 4.78 is 0. The molecule has 0 atom stereocenters. The van der Waals surface area contributed by atoms with E-state index in [1.54, 1.807) is 0 Å². The van der Waals surface area contributed by atoms with Crippen LogP contribution in [0.25, 0.3) is 0 Å². The first-order valence-electron chi connectivity index (χ1n) is 7.52. The van der Waals surface area contributed by atoms with Crippen molar-refractivity contribution in [1.82, 2.24) is 10.6 Å². The molecule has 0 aliphatic heterocycles. The lowest BCUT2D eigenvalue weighted by molar-refractivity contribution is -0.145. The zero-order valence-corrected chi connectivity index (χ0v) is 11.7. The van der Waals surface area contributed by atoms with E-state index < -0.39 is 17.5 Å². The summed E-state index contributed by atoms with van der Waals surface area (Å²) in [6, 6.07) is -0.358. The van der Waals surface area contributed by atoms with Gasteiger partial charge in [-0.15, -0.1) is 0 Å². The Morgan fingerprint density at radius 1 is 1.00 bits per heavy atom. The average Bonchev–Trinajstić information content (AvgIpc) is 2.42. The van der Waals surface area contributed by atoms with Crippen LogP contribution in [0.4, 0.5) is 4.79 Å². The third kappa shape index (κ3) is 3.62. The van der Waals surface area contributed by atoms with E-state index in [0.29, 0.717) is 25.7 Å². The number of aliphatic carboxylic acids is 1. The molecule has 2 aliphatic carbocycles. The molecule has 0 aromatic heterocycles. The number of hydrogen-bond donors (Lipinski definition) is 4. The molecule has 6 nitrogen and oxygen atoms in total. The van der Waals surface area contributed by atoms with E-state index in [4.69, 9.17) is 0 Å². The SMILES string of the molecule is O=C(NC1CCC(O)CC1)NC1(C(=O)O)CCCCC1. The number of carbonyl (C=O) groups is 2. The van der Waals surface area contributed by atoms with Crippen molar-refractivity contribution in [2.45, 2.75) is 75.5 Å². The molecular weight excluding hydrogens is 260 g/mol. The lowest BCUT2D eigenvalue weighted by atomic mass is 9.82. The van der Waals surface area contributed by atoms with Crippen LogP contribution < -0.4 is 10.6 Å². The van der Waals surface area contributed by atoms with Gasteiger partial charge in [-0.2, -0.15) is 0 Å². The first-order chi connectivity index (χ1) is 9.52. The number of carbonyl (C=O) groups excluding carboxylic acids is 1. The van der Waals surface area contributed by atoms with Crippen molar-refractivity contribution in [3.63, 3.8) is 0 Å². The third-order valence-electron chi connectivity index (χ3n) is 4.50. The Labute approximate surface area is 118 Å². The number of carboxylic acids is 1. The highest BCUT2D eigenvalue weighted by molar-refractivity contribution is 5.86. The van der Waals surface area contributed by atoms with Gasteiger partial charge in [0.15, 0.2) is 0 Å². The molecular formula is C14H24N2O4. The Hall–Kier alpha value is -1.30. The molecule has 114 valence electrons. The summed E-state index contributed by atoms with van der Waals surface area (Å²) in [5.41, 5.74) is -1.10. The fourth-order valence-corrected chi connectivity index (χ4v) is 3.21. The van der Waals surface area contributed by atoms with Crippen molar-refractivity contribution in [3.8, 4) is 0 Å². The number of aliphatic hydroxyl groups excluding tert-OH is 1. The average molecular weight is 284 g/mol. The van der Waals surface area contributed by atoms with Crippen LogP contribution in [0.5, 0.6) is 0 Å². The molecule has 2 amide bonds. The van der Waals surface area contributed by atoms with Gasteiger partial charge < -0.3 is 20.8 Å². The lowest BCUT2D eigenvalue weighted by Gasteiger charge is -2.35. The predicted octanol–water partition coefficient (Wildman–Crippen LogP) is 1.38. The van der Waals surface area contributed by atoms with Crippen LogP contribution in [0.1, 0.15) is 57.8 Å². The van der Waals surface area contributed by atoms with Crippen molar-refractivity contribution < 1.29 is 19.8 Å². The van der Waals surface area contributed by atoms with Gasteiger partial charge in [0.2, 0.25) is 0 Å². The summed E-state index contributed by atoms with van der Waals surface area (Å²) in [4.78, 5) is 23.5. The molecule has 0 bridgehead atoms. The van der Waals surface area contributed by atoms with Gasteiger partial charge in [-0.3, -0.25) is 0 Å². The summed E-state index contributed by atoms with van der Waals surface area (Å²) >= 11 is 0. The van der Waals surface area contributed by atoms with Crippen LogP contribution in [0.3, 0.4) is 0 Å². The van der Waals surface area contributed by atoms with Crippen molar-refractivity contribution in [2.24, 2.45) is 0 Å². The number of rotatable bonds is 3. The molecule has 0 spiro atoms. The minimum absolute atomic E-state index is 0.0350. The molecule has 2 rings (SSSR count). The van der Waals surface area contributed by atoms with Gasteiger partial charge in [0, 0.05) is 6.04 Å². The molecule has 4 N–H and O–H groups in total. The van der Waals surface area contributed by atoms with Crippen LogP contribution in [0, 0.1) is 0 Å². The Morgan fingerprint density at radius 2 is 1.60 bits per heavy atom. The van der Waals surface area contributed by atoms with E-state index in [-0.39, 0.29) is 12.1 Å². The Kier molecular flexibility index (Phi) is 4.86. The van der Waals surface area contributed by atoms with E-state index >= 15 is 0 Å². The third-order valence-corrected chi connectivity index (χ3v) is 4.50. The van der Waals surface area contributed by atoms with Crippen LogP contribution in [-0.4, -0.2) is 39.9 Å².